The molecule has 1 amide bonds. The topological polar surface area (TPSA) is 80.9 Å². The number of fused-ring (bicyclic) bond motifs is 1. The molecule has 0 aliphatic rings. The molecule has 5 nitrogen and oxygen atoms in total. The van der Waals surface area contributed by atoms with E-state index in [2.05, 4.69) is 15.3 Å². The van der Waals surface area contributed by atoms with Crippen molar-refractivity contribution < 1.29 is 4.79 Å². The van der Waals surface area contributed by atoms with Crippen LogP contribution in [0.3, 0.4) is 0 Å². The average Bonchev–Trinajstić information content (AvgIpc) is 2.54. The third-order valence-corrected chi connectivity index (χ3v) is 3.43. The largest absolute Gasteiger partial charge is 0.399 e. The molecule has 0 aliphatic heterocycles. The van der Waals surface area contributed by atoms with Crippen LogP contribution in [0.4, 0.5) is 5.69 Å². The molecule has 3 N–H and O–H groups in total. The summed E-state index contributed by atoms with van der Waals surface area (Å²) in [7, 11) is 0. The lowest BCUT2D eigenvalue weighted by Crippen LogP contribution is -2.30. The molecule has 0 spiro atoms. The van der Waals surface area contributed by atoms with Gasteiger partial charge in [-0.3, -0.25) is 9.78 Å². The Hall–Kier alpha value is -2.95. The smallest absolute Gasteiger partial charge is 0.253 e. The molecule has 0 fully saturated rings. The molecule has 3 rings (SSSR count). The predicted octanol–water partition coefficient (Wildman–Crippen LogP) is 3.02. The number of anilines is 1. The zero-order valence-electron chi connectivity index (χ0n) is 13.1. The van der Waals surface area contributed by atoms with Crippen molar-refractivity contribution in [3.05, 3.63) is 54.2 Å². The van der Waals surface area contributed by atoms with E-state index in [1.165, 1.54) is 0 Å². The van der Waals surface area contributed by atoms with Crippen LogP contribution in [-0.4, -0.2) is 21.9 Å². The quantitative estimate of drug-likeness (QED) is 0.729. The first kappa shape index (κ1) is 15.0. The number of nitrogen functional groups attached to an aromatic ring is 1. The minimum atomic E-state index is -0.150. The van der Waals surface area contributed by atoms with Crippen molar-refractivity contribution in [1.29, 1.82) is 0 Å². The van der Waals surface area contributed by atoms with Crippen molar-refractivity contribution in [1.82, 2.24) is 15.3 Å². The van der Waals surface area contributed by atoms with Crippen molar-refractivity contribution in [3.8, 4) is 11.3 Å². The SMILES string of the molecule is CC(C)NC(=O)c1cc(-c2ccc(N)cc2)nc2cccnc12. The minimum absolute atomic E-state index is 0.0504. The molecule has 0 unspecified atom stereocenters. The van der Waals surface area contributed by atoms with E-state index < -0.39 is 0 Å². The van der Waals surface area contributed by atoms with Crippen LogP contribution < -0.4 is 11.1 Å². The molecule has 1 aromatic carbocycles. The first-order valence-corrected chi connectivity index (χ1v) is 7.47. The predicted molar refractivity (Wildman–Crippen MR) is 92.0 cm³/mol. The van der Waals surface area contributed by atoms with Gasteiger partial charge < -0.3 is 11.1 Å². The normalized spacial score (nSPS) is 10.9. The lowest BCUT2D eigenvalue weighted by Gasteiger charge is -2.12. The van der Waals surface area contributed by atoms with Gasteiger partial charge in [0.15, 0.2) is 0 Å². The summed E-state index contributed by atoms with van der Waals surface area (Å²) in [6.07, 6.45) is 1.67. The summed E-state index contributed by atoms with van der Waals surface area (Å²) in [6.45, 7) is 3.85. The molecule has 23 heavy (non-hydrogen) atoms. The van der Waals surface area contributed by atoms with Crippen LogP contribution in [-0.2, 0) is 0 Å². The minimum Gasteiger partial charge on any atom is -0.399 e. The van der Waals surface area contributed by atoms with Crippen LogP contribution in [0.15, 0.2) is 48.7 Å². The lowest BCUT2D eigenvalue weighted by atomic mass is 10.1. The van der Waals surface area contributed by atoms with Gasteiger partial charge in [-0.2, -0.15) is 0 Å². The fourth-order valence-corrected chi connectivity index (χ4v) is 2.38. The highest BCUT2D eigenvalue weighted by Crippen LogP contribution is 2.24. The van der Waals surface area contributed by atoms with Crippen LogP contribution in [0, 0.1) is 0 Å². The number of hydrogen-bond acceptors (Lipinski definition) is 4. The zero-order valence-corrected chi connectivity index (χ0v) is 13.1. The molecule has 5 heteroatoms. The monoisotopic (exact) mass is 306 g/mol. The van der Waals surface area contributed by atoms with E-state index in [4.69, 9.17) is 5.73 Å². The molecular formula is C18H18N4O. The average molecular weight is 306 g/mol. The molecule has 0 saturated carbocycles. The maximum Gasteiger partial charge on any atom is 0.253 e. The number of rotatable bonds is 3. The highest BCUT2D eigenvalue weighted by molar-refractivity contribution is 6.05. The van der Waals surface area contributed by atoms with Crippen molar-refractivity contribution >= 4 is 22.6 Å². The summed E-state index contributed by atoms with van der Waals surface area (Å²) >= 11 is 0. The van der Waals surface area contributed by atoms with Gasteiger partial charge in [-0.1, -0.05) is 12.1 Å². The summed E-state index contributed by atoms with van der Waals surface area (Å²) in [5, 5.41) is 2.91. The Morgan fingerprint density at radius 3 is 2.61 bits per heavy atom. The number of pyridine rings is 2. The number of nitrogens with zero attached hydrogens (tertiary/aromatic N) is 2. The summed E-state index contributed by atoms with van der Waals surface area (Å²) in [5.41, 5.74) is 9.87. The van der Waals surface area contributed by atoms with Gasteiger partial charge in [-0.25, -0.2) is 4.98 Å². The maximum atomic E-state index is 12.5. The molecule has 3 aromatic rings. The third kappa shape index (κ3) is 3.13. The van der Waals surface area contributed by atoms with Crippen LogP contribution in [0.25, 0.3) is 22.3 Å². The number of aromatic nitrogens is 2. The van der Waals surface area contributed by atoms with Crippen LogP contribution in [0.1, 0.15) is 24.2 Å². The number of nitrogens with one attached hydrogen (secondary N) is 1. The summed E-state index contributed by atoms with van der Waals surface area (Å²) in [4.78, 5) is 21.4. The summed E-state index contributed by atoms with van der Waals surface area (Å²) in [5.74, 6) is -0.150. The molecule has 0 atom stereocenters. The highest BCUT2D eigenvalue weighted by atomic mass is 16.1. The Bertz CT molecular complexity index is 857. The van der Waals surface area contributed by atoms with Gasteiger partial charge in [-0.05, 0) is 44.2 Å². The fourth-order valence-electron chi connectivity index (χ4n) is 2.38. The van der Waals surface area contributed by atoms with E-state index in [-0.39, 0.29) is 11.9 Å². The number of hydrogen-bond donors (Lipinski definition) is 2. The standard InChI is InChI=1S/C18H18N4O/c1-11(2)21-18(23)14-10-16(12-5-7-13(19)8-6-12)22-15-4-3-9-20-17(14)15/h3-11H,19H2,1-2H3,(H,21,23). The Morgan fingerprint density at radius 1 is 1.17 bits per heavy atom. The van der Waals surface area contributed by atoms with Crippen LogP contribution in [0.5, 0.6) is 0 Å². The second kappa shape index (κ2) is 6.04. The Balaban J connectivity index is 2.17. The number of nitrogens with two attached hydrogens (primary N) is 1. The molecule has 116 valence electrons. The van der Waals surface area contributed by atoms with Gasteiger partial charge in [0.25, 0.3) is 5.91 Å². The fraction of sp³-hybridized carbons (Fsp3) is 0.167. The molecule has 0 aliphatic carbocycles. The molecule has 0 saturated heterocycles. The van der Waals surface area contributed by atoms with E-state index in [1.807, 2.05) is 50.2 Å². The Kier molecular flexibility index (Phi) is 3.93. The Labute approximate surface area is 134 Å². The van der Waals surface area contributed by atoms with Gasteiger partial charge >= 0.3 is 0 Å². The van der Waals surface area contributed by atoms with Crippen molar-refractivity contribution in [2.45, 2.75) is 19.9 Å². The number of carbonyl (C=O) groups is 1. The first-order chi connectivity index (χ1) is 11.0. The second-order valence-electron chi connectivity index (χ2n) is 5.68. The number of amides is 1. The van der Waals surface area contributed by atoms with E-state index >= 15 is 0 Å². The summed E-state index contributed by atoms with van der Waals surface area (Å²) < 4.78 is 0. The van der Waals surface area contributed by atoms with Crippen molar-refractivity contribution in [3.63, 3.8) is 0 Å². The molecule has 2 heterocycles. The van der Waals surface area contributed by atoms with Gasteiger partial charge in [-0.15, -0.1) is 0 Å². The van der Waals surface area contributed by atoms with E-state index in [1.54, 1.807) is 12.3 Å². The van der Waals surface area contributed by atoms with Gasteiger partial charge in [0.05, 0.1) is 16.8 Å². The van der Waals surface area contributed by atoms with Crippen molar-refractivity contribution in [2.75, 3.05) is 5.73 Å². The van der Waals surface area contributed by atoms with Gasteiger partial charge in [0.2, 0.25) is 0 Å². The zero-order chi connectivity index (χ0) is 16.4. The van der Waals surface area contributed by atoms with E-state index in [9.17, 15) is 4.79 Å². The first-order valence-electron chi connectivity index (χ1n) is 7.47. The van der Waals surface area contributed by atoms with E-state index in [0.717, 1.165) is 11.3 Å². The molecular weight excluding hydrogens is 288 g/mol. The number of carbonyl (C=O) groups excluding carboxylic acids is 1. The molecule has 0 bridgehead atoms. The van der Waals surface area contributed by atoms with Gasteiger partial charge in [0, 0.05) is 23.5 Å². The van der Waals surface area contributed by atoms with Crippen LogP contribution >= 0.6 is 0 Å². The third-order valence-electron chi connectivity index (χ3n) is 3.43. The highest BCUT2D eigenvalue weighted by Gasteiger charge is 2.15. The Morgan fingerprint density at radius 2 is 1.91 bits per heavy atom. The number of benzene rings is 1. The maximum absolute atomic E-state index is 12.5. The van der Waals surface area contributed by atoms with Gasteiger partial charge in [0.1, 0.15) is 5.52 Å². The van der Waals surface area contributed by atoms with E-state index in [0.29, 0.717) is 22.3 Å². The van der Waals surface area contributed by atoms with Crippen molar-refractivity contribution in [2.24, 2.45) is 0 Å². The second-order valence-corrected chi connectivity index (χ2v) is 5.68. The van der Waals surface area contributed by atoms with Crippen LogP contribution in [0.2, 0.25) is 0 Å². The summed E-state index contributed by atoms with van der Waals surface area (Å²) in [6, 6.07) is 12.9. The lowest BCUT2D eigenvalue weighted by molar-refractivity contribution is 0.0944. The molecule has 0 radical (unpaired) electrons. The molecule has 2 aromatic heterocycles.